The quantitative estimate of drug-likeness (QED) is 0.0758. The molecule has 0 saturated carbocycles. The average Bonchev–Trinajstić information content (AvgIpc) is 3.76. The van der Waals surface area contributed by atoms with Gasteiger partial charge >= 0.3 is 11.9 Å². The summed E-state index contributed by atoms with van der Waals surface area (Å²) in [7, 11) is -0.700. The fourth-order valence-corrected chi connectivity index (χ4v) is 7.23. The van der Waals surface area contributed by atoms with E-state index in [0.29, 0.717) is 12.0 Å². The van der Waals surface area contributed by atoms with E-state index in [1.807, 2.05) is 20.8 Å². The number of ether oxygens (including phenoxy) is 4. The highest BCUT2D eigenvalue weighted by atomic mass is 28.4. The van der Waals surface area contributed by atoms with Crippen molar-refractivity contribution in [2.75, 3.05) is 7.11 Å². The molecule has 1 saturated heterocycles. The number of carbonyl (C=O) groups excluding carboxylic acids is 3. The molecule has 0 aliphatic carbocycles. The van der Waals surface area contributed by atoms with Crippen molar-refractivity contribution in [1.82, 2.24) is 0 Å². The van der Waals surface area contributed by atoms with E-state index in [9.17, 15) is 19.5 Å². The Morgan fingerprint density at radius 1 is 1.19 bits per heavy atom. The zero-order valence-electron chi connectivity index (χ0n) is 31.4. The van der Waals surface area contributed by atoms with Gasteiger partial charge in [-0.3, -0.25) is 14.4 Å². The van der Waals surface area contributed by atoms with Gasteiger partial charge in [0.2, 0.25) is 5.78 Å². The van der Waals surface area contributed by atoms with Crippen LogP contribution < -0.4 is 0 Å². The van der Waals surface area contributed by atoms with Crippen LogP contribution in [-0.4, -0.2) is 86.1 Å². The second kappa shape index (κ2) is 16.7. The number of ketones is 1. The molecule has 0 spiro atoms. The summed E-state index contributed by atoms with van der Waals surface area (Å²) in [5.74, 6) is -2.13. The summed E-state index contributed by atoms with van der Waals surface area (Å²) in [6.45, 7) is 22.2. The van der Waals surface area contributed by atoms with E-state index in [0.717, 1.165) is 6.42 Å². The van der Waals surface area contributed by atoms with Gasteiger partial charge < -0.3 is 28.5 Å². The first kappa shape index (κ1) is 42.0. The molecule has 0 amide bonds. The minimum absolute atomic E-state index is 0.0309. The predicted octanol–water partition coefficient (Wildman–Crippen LogP) is 6.98. The van der Waals surface area contributed by atoms with Crippen molar-refractivity contribution >= 4 is 26.0 Å². The maximum absolute atomic E-state index is 15.6. The third-order valence-electron chi connectivity index (χ3n) is 10.2. The van der Waals surface area contributed by atoms with Crippen LogP contribution >= 0.6 is 0 Å². The van der Waals surface area contributed by atoms with Gasteiger partial charge in [-0.05, 0) is 75.9 Å². The second-order valence-electron chi connectivity index (χ2n) is 15.6. The molecule has 0 aromatic rings. The zero-order chi connectivity index (χ0) is 36.8. The summed E-state index contributed by atoms with van der Waals surface area (Å²) in [6.07, 6.45) is 5.34. The van der Waals surface area contributed by atoms with Crippen molar-refractivity contribution in [1.29, 1.82) is 0 Å². The van der Waals surface area contributed by atoms with Crippen molar-refractivity contribution in [3.63, 3.8) is 0 Å². The Balaban J connectivity index is 2.37. The smallest absolute Gasteiger partial charge is 0.308 e. The lowest BCUT2D eigenvalue weighted by Gasteiger charge is -2.40. The van der Waals surface area contributed by atoms with Crippen molar-refractivity contribution in [3.8, 4) is 0 Å². The maximum atomic E-state index is 15.6. The molecule has 0 radical (unpaired) electrons. The molecule has 2 unspecified atom stereocenters. The van der Waals surface area contributed by atoms with E-state index < -0.39 is 73.7 Å². The Labute approximate surface area is 288 Å². The van der Waals surface area contributed by atoms with Crippen molar-refractivity contribution in [2.45, 2.75) is 161 Å². The molecule has 0 aromatic heterocycles. The second-order valence-corrected chi connectivity index (χ2v) is 20.3. The molecule has 2 aliphatic heterocycles. The fraction of sp³-hybridized carbons (Fsp3) is 0.757. The molecule has 1 fully saturated rings. The Kier molecular flexibility index (Phi) is 14.6. The van der Waals surface area contributed by atoms with Crippen molar-refractivity contribution in [2.24, 2.45) is 11.8 Å². The molecule has 2 aliphatic rings. The molecular weight excluding hydrogens is 635 g/mol. The number of hydrogen-bond acceptors (Lipinski definition) is 9. The van der Waals surface area contributed by atoms with E-state index in [-0.39, 0.29) is 29.9 Å². The van der Waals surface area contributed by atoms with Crippen LogP contribution in [-0.2, 0) is 37.8 Å². The SMILES string of the molecule is CC[C@H](OC)[C@@H](C)[C@H]1O[C@H]1C(=O)C(C)(F)/C=C/C=C(\C)C1OC(=O)C[C@H](O[Si](C)(C)C(C)(C)C)CC[C@@](C)(O)[C@@H](OC(C)=O)/C=C/[C@@H]1C. The normalized spacial score (nSPS) is 32.6. The van der Waals surface area contributed by atoms with Crippen LogP contribution in [0.4, 0.5) is 4.39 Å². The first-order chi connectivity index (χ1) is 22.0. The lowest BCUT2D eigenvalue weighted by molar-refractivity contribution is -0.157. The Morgan fingerprint density at radius 2 is 1.81 bits per heavy atom. The average molecular weight is 697 g/mol. The van der Waals surface area contributed by atoms with Gasteiger partial charge in [0.15, 0.2) is 14.0 Å². The van der Waals surface area contributed by atoms with Gasteiger partial charge in [0, 0.05) is 25.9 Å². The van der Waals surface area contributed by atoms with Gasteiger partial charge in [-0.1, -0.05) is 59.8 Å². The number of alkyl halides is 1. The van der Waals surface area contributed by atoms with Gasteiger partial charge in [-0.2, -0.15) is 0 Å². The monoisotopic (exact) mass is 696 g/mol. The highest BCUT2D eigenvalue weighted by Gasteiger charge is 2.54. The number of allylic oxidation sites excluding steroid dienone is 3. The van der Waals surface area contributed by atoms with E-state index in [1.165, 1.54) is 26.0 Å². The van der Waals surface area contributed by atoms with Gasteiger partial charge in [0.25, 0.3) is 0 Å². The van der Waals surface area contributed by atoms with Gasteiger partial charge in [0.1, 0.15) is 23.9 Å². The van der Waals surface area contributed by atoms with Gasteiger partial charge in [0.05, 0.1) is 24.7 Å². The van der Waals surface area contributed by atoms with E-state index >= 15 is 4.39 Å². The third kappa shape index (κ3) is 11.4. The third-order valence-corrected chi connectivity index (χ3v) is 14.7. The lowest BCUT2D eigenvalue weighted by Crippen LogP contribution is -2.46. The highest BCUT2D eigenvalue weighted by molar-refractivity contribution is 6.74. The summed E-state index contributed by atoms with van der Waals surface area (Å²) in [5, 5.41) is 11.3. The number of aliphatic hydroxyl groups is 1. The van der Waals surface area contributed by atoms with Crippen molar-refractivity contribution in [3.05, 3.63) is 36.0 Å². The number of hydrogen-bond donors (Lipinski definition) is 1. The number of cyclic esters (lactones) is 1. The standard InChI is InChI=1S/C37H61FO9Si/c1-14-28(43-11)25(4)32-33(46-32)34(41)36(9,38)20-15-16-23(2)31-24(3)17-18-29(44-26(5)39)37(10,42)21-19-27(22-30(40)45-31)47-48(12,13)35(6,7)8/h15-18,20,24-25,27-29,31-33,42H,14,19,21-22H2,1-13H3/b18-17+,20-15+,23-16+/t24-,25+,27+,28-,29-,31?,32+,33+,36?,37+/m0/s1. The number of carbonyl (C=O) groups is 3. The zero-order valence-corrected chi connectivity index (χ0v) is 32.4. The molecular formula is C37H61FO9Si. The number of rotatable bonds is 12. The first-order valence-electron chi connectivity index (χ1n) is 17.2. The minimum Gasteiger partial charge on any atom is -0.457 e. The van der Waals surface area contributed by atoms with Gasteiger partial charge in [-0.15, -0.1) is 0 Å². The van der Waals surface area contributed by atoms with Crippen LogP contribution in [0.3, 0.4) is 0 Å². The molecule has 0 bridgehead atoms. The Morgan fingerprint density at radius 3 is 2.35 bits per heavy atom. The molecule has 10 atom stereocenters. The molecule has 48 heavy (non-hydrogen) atoms. The Hall–Kier alpha value is -2.18. The maximum Gasteiger partial charge on any atom is 0.308 e. The van der Waals surface area contributed by atoms with E-state index in [2.05, 4.69) is 33.9 Å². The number of halogens is 1. The van der Waals surface area contributed by atoms with E-state index in [4.69, 9.17) is 23.4 Å². The van der Waals surface area contributed by atoms with Crippen LogP contribution in [0.2, 0.25) is 18.1 Å². The number of methoxy groups -OCH3 is 1. The summed E-state index contributed by atoms with van der Waals surface area (Å²) in [4.78, 5) is 38.5. The predicted molar refractivity (Wildman–Crippen MR) is 187 cm³/mol. The summed E-state index contributed by atoms with van der Waals surface area (Å²) in [5.41, 5.74) is -3.10. The lowest BCUT2D eigenvalue weighted by atomic mass is 9.88. The number of epoxide rings is 1. The minimum atomic E-state index is -2.31. The van der Waals surface area contributed by atoms with Crippen LogP contribution in [0.5, 0.6) is 0 Å². The molecule has 2 rings (SSSR count). The van der Waals surface area contributed by atoms with Crippen LogP contribution in [0, 0.1) is 11.8 Å². The van der Waals surface area contributed by atoms with Crippen LogP contribution in [0.1, 0.15) is 94.9 Å². The molecule has 1 N–H and O–H groups in total. The highest BCUT2D eigenvalue weighted by Crippen LogP contribution is 2.39. The fourth-order valence-electron chi connectivity index (χ4n) is 5.85. The summed E-state index contributed by atoms with van der Waals surface area (Å²) < 4.78 is 44.9. The topological polar surface area (TPSA) is 121 Å². The van der Waals surface area contributed by atoms with Gasteiger partial charge in [-0.25, -0.2) is 4.39 Å². The van der Waals surface area contributed by atoms with Crippen LogP contribution in [0.15, 0.2) is 36.0 Å². The number of Topliss-reactive ketones (excluding diaryl/α,β-unsaturated/α-hetero) is 1. The Bertz CT molecular complexity index is 1210. The molecule has 11 heteroatoms. The first-order valence-corrected chi connectivity index (χ1v) is 20.1. The summed E-state index contributed by atoms with van der Waals surface area (Å²) in [6, 6.07) is 0. The molecule has 0 aromatic carbocycles. The molecule has 9 nitrogen and oxygen atoms in total. The van der Waals surface area contributed by atoms with Crippen molar-refractivity contribution < 1.29 is 47.3 Å². The van der Waals surface area contributed by atoms with E-state index in [1.54, 1.807) is 39.2 Å². The molecule has 2 heterocycles. The molecule has 274 valence electrons. The number of esters is 2. The van der Waals surface area contributed by atoms with Crippen LogP contribution in [0.25, 0.3) is 0 Å². The largest absolute Gasteiger partial charge is 0.457 e. The summed E-state index contributed by atoms with van der Waals surface area (Å²) >= 11 is 0.